The molecule has 2 aliphatic heterocycles. The number of aryl methyl sites for hydroxylation is 1. The maximum atomic E-state index is 12.3. The highest BCUT2D eigenvalue weighted by Crippen LogP contribution is 2.22. The van der Waals surface area contributed by atoms with Crippen molar-refractivity contribution in [3.63, 3.8) is 0 Å². The molecule has 2 fully saturated rings. The Hall–Kier alpha value is -1.89. The van der Waals surface area contributed by atoms with E-state index in [-0.39, 0.29) is 24.0 Å². The van der Waals surface area contributed by atoms with Gasteiger partial charge in [0.2, 0.25) is 11.8 Å². The van der Waals surface area contributed by atoms with Gasteiger partial charge in [-0.15, -0.1) is 0 Å². The van der Waals surface area contributed by atoms with E-state index in [1.165, 1.54) is 0 Å². The number of amides is 2. The Morgan fingerprint density at radius 1 is 1.45 bits per heavy atom. The van der Waals surface area contributed by atoms with Crippen molar-refractivity contribution in [1.29, 1.82) is 0 Å². The predicted molar refractivity (Wildman–Crippen MR) is 79.0 cm³/mol. The molecule has 7 heteroatoms. The first-order chi connectivity index (χ1) is 10.6. The maximum Gasteiger partial charge on any atom is 0.225 e. The zero-order valence-electron chi connectivity index (χ0n) is 12.9. The second-order valence-corrected chi connectivity index (χ2v) is 5.90. The third kappa shape index (κ3) is 3.14. The Morgan fingerprint density at radius 2 is 2.32 bits per heavy atom. The number of rotatable bonds is 4. The minimum absolute atomic E-state index is 0.00920. The quantitative estimate of drug-likeness (QED) is 0.792. The first-order valence-corrected chi connectivity index (χ1v) is 7.77. The van der Waals surface area contributed by atoms with E-state index in [0.717, 1.165) is 13.0 Å². The minimum atomic E-state index is -0.0495. The third-order valence-corrected chi connectivity index (χ3v) is 4.47. The summed E-state index contributed by atoms with van der Waals surface area (Å²) in [5.41, 5.74) is 0. The predicted octanol–water partition coefficient (Wildman–Crippen LogP) is 0.121. The molecule has 2 aliphatic rings. The van der Waals surface area contributed by atoms with Crippen molar-refractivity contribution in [1.82, 2.24) is 19.6 Å². The number of hydrogen-bond acceptors (Lipinski definition) is 4. The second kappa shape index (κ2) is 6.48. The fraction of sp³-hybridized carbons (Fsp3) is 0.667. The van der Waals surface area contributed by atoms with Crippen LogP contribution in [0.25, 0.3) is 0 Å². The molecule has 2 amide bonds. The van der Waals surface area contributed by atoms with Crippen LogP contribution in [0.5, 0.6) is 0 Å². The average molecular weight is 306 g/mol. The summed E-state index contributed by atoms with van der Waals surface area (Å²) in [4.78, 5) is 27.8. The van der Waals surface area contributed by atoms with Crippen molar-refractivity contribution >= 4 is 11.8 Å². The number of carbonyl (C=O) groups excluding carboxylic acids is 2. The molecule has 1 aromatic heterocycles. The van der Waals surface area contributed by atoms with Gasteiger partial charge in [0.25, 0.3) is 0 Å². The summed E-state index contributed by atoms with van der Waals surface area (Å²) in [6, 6.07) is 1.87. The normalized spacial score (nSPS) is 25.2. The lowest BCUT2D eigenvalue weighted by Crippen LogP contribution is -2.43. The number of fused-ring (bicyclic) bond motifs is 1. The Morgan fingerprint density at radius 3 is 3.09 bits per heavy atom. The van der Waals surface area contributed by atoms with E-state index >= 15 is 0 Å². The molecule has 1 aromatic rings. The van der Waals surface area contributed by atoms with Crippen molar-refractivity contribution in [2.75, 3.05) is 26.7 Å². The van der Waals surface area contributed by atoms with Gasteiger partial charge in [0.15, 0.2) is 0 Å². The molecule has 0 aliphatic carbocycles. The van der Waals surface area contributed by atoms with Crippen LogP contribution in [0.3, 0.4) is 0 Å². The zero-order valence-corrected chi connectivity index (χ0v) is 12.9. The zero-order chi connectivity index (χ0) is 15.5. The first kappa shape index (κ1) is 15.0. The molecule has 3 rings (SSSR count). The molecule has 0 saturated carbocycles. The van der Waals surface area contributed by atoms with Crippen LogP contribution in [-0.4, -0.2) is 70.3 Å². The third-order valence-electron chi connectivity index (χ3n) is 4.47. The van der Waals surface area contributed by atoms with E-state index in [0.29, 0.717) is 32.5 Å². The van der Waals surface area contributed by atoms with Gasteiger partial charge in [-0.3, -0.25) is 14.3 Å². The summed E-state index contributed by atoms with van der Waals surface area (Å²) in [5.74, 6) is 0.227. The Kier molecular flexibility index (Phi) is 4.42. The molecule has 0 unspecified atom stereocenters. The monoisotopic (exact) mass is 306 g/mol. The van der Waals surface area contributed by atoms with Gasteiger partial charge in [0, 0.05) is 45.5 Å². The van der Waals surface area contributed by atoms with Gasteiger partial charge in [-0.2, -0.15) is 5.10 Å². The number of likely N-dealkylation sites (tertiary alicyclic amines) is 1. The number of carbonyl (C=O) groups is 2. The van der Waals surface area contributed by atoms with Gasteiger partial charge < -0.3 is 14.5 Å². The molecule has 3 heterocycles. The molecule has 0 bridgehead atoms. The van der Waals surface area contributed by atoms with Crippen LogP contribution in [0, 0.1) is 0 Å². The van der Waals surface area contributed by atoms with E-state index in [1.54, 1.807) is 18.1 Å². The second-order valence-electron chi connectivity index (χ2n) is 5.90. The van der Waals surface area contributed by atoms with Gasteiger partial charge >= 0.3 is 0 Å². The number of ether oxygens (including phenoxy) is 1. The van der Waals surface area contributed by atoms with Crippen molar-refractivity contribution < 1.29 is 14.3 Å². The number of hydrogen-bond donors (Lipinski definition) is 0. The van der Waals surface area contributed by atoms with Crippen LogP contribution in [0.15, 0.2) is 18.5 Å². The topological polar surface area (TPSA) is 67.7 Å². The molecule has 120 valence electrons. The van der Waals surface area contributed by atoms with Crippen molar-refractivity contribution in [3.8, 4) is 0 Å². The van der Waals surface area contributed by atoms with E-state index in [4.69, 9.17) is 4.74 Å². The lowest BCUT2D eigenvalue weighted by Gasteiger charge is -2.25. The minimum Gasteiger partial charge on any atom is -0.374 e. The van der Waals surface area contributed by atoms with Gasteiger partial charge in [-0.25, -0.2) is 0 Å². The van der Waals surface area contributed by atoms with E-state index < -0.39 is 0 Å². The molecular formula is C15H22N4O3. The molecule has 0 spiro atoms. The highest BCUT2D eigenvalue weighted by molar-refractivity contribution is 5.78. The van der Waals surface area contributed by atoms with Gasteiger partial charge in [0.1, 0.15) is 0 Å². The van der Waals surface area contributed by atoms with Crippen molar-refractivity contribution in [2.45, 2.75) is 38.0 Å². The van der Waals surface area contributed by atoms with Gasteiger partial charge in [-0.1, -0.05) is 0 Å². The average Bonchev–Trinajstić information content (AvgIpc) is 3.13. The number of nitrogens with zero attached hydrogens (tertiary/aromatic N) is 4. The summed E-state index contributed by atoms with van der Waals surface area (Å²) in [5, 5.41) is 4.13. The SMILES string of the molecule is CN1C(=O)CCO[C@H]2CN(C(=O)CCCn3cccn3)C[C@@H]21. The van der Waals surface area contributed by atoms with Gasteiger partial charge in [0.05, 0.1) is 25.2 Å². The Balaban J connectivity index is 1.51. The lowest BCUT2D eigenvalue weighted by molar-refractivity contribution is -0.133. The first-order valence-electron chi connectivity index (χ1n) is 7.77. The van der Waals surface area contributed by atoms with Crippen LogP contribution in [0.4, 0.5) is 0 Å². The molecular weight excluding hydrogens is 284 g/mol. The lowest BCUT2D eigenvalue weighted by atomic mass is 10.2. The highest BCUT2D eigenvalue weighted by atomic mass is 16.5. The Bertz CT molecular complexity index is 531. The van der Waals surface area contributed by atoms with E-state index in [1.807, 2.05) is 21.8 Å². The van der Waals surface area contributed by atoms with Crippen LogP contribution in [0.2, 0.25) is 0 Å². The molecule has 0 aromatic carbocycles. The smallest absolute Gasteiger partial charge is 0.225 e. The molecule has 0 N–H and O–H groups in total. The summed E-state index contributed by atoms with van der Waals surface area (Å²) in [7, 11) is 1.81. The van der Waals surface area contributed by atoms with Crippen LogP contribution < -0.4 is 0 Å². The standard InChI is InChI=1S/C15H22N4O3/c1-17-12-10-18(11-13(12)22-9-5-14(17)20)15(21)4-2-7-19-8-3-6-16-19/h3,6,8,12-13H,2,4-5,7,9-11H2,1H3/t12-,13-/m0/s1. The summed E-state index contributed by atoms with van der Waals surface area (Å²) < 4.78 is 7.57. The molecule has 7 nitrogen and oxygen atoms in total. The van der Waals surface area contributed by atoms with Gasteiger partial charge in [-0.05, 0) is 12.5 Å². The fourth-order valence-electron chi connectivity index (χ4n) is 3.14. The molecule has 2 atom stereocenters. The number of aromatic nitrogens is 2. The maximum absolute atomic E-state index is 12.3. The molecule has 2 saturated heterocycles. The van der Waals surface area contributed by atoms with E-state index in [2.05, 4.69) is 5.10 Å². The summed E-state index contributed by atoms with van der Waals surface area (Å²) in [6.45, 7) is 2.36. The summed E-state index contributed by atoms with van der Waals surface area (Å²) in [6.07, 6.45) is 5.28. The van der Waals surface area contributed by atoms with E-state index in [9.17, 15) is 9.59 Å². The van der Waals surface area contributed by atoms with Crippen molar-refractivity contribution in [3.05, 3.63) is 18.5 Å². The van der Waals surface area contributed by atoms with Crippen LogP contribution in [0.1, 0.15) is 19.3 Å². The molecule has 0 radical (unpaired) electrons. The summed E-state index contributed by atoms with van der Waals surface area (Å²) >= 11 is 0. The number of likely N-dealkylation sites (N-methyl/N-ethyl adjacent to an activating group) is 1. The van der Waals surface area contributed by atoms with Crippen LogP contribution >= 0.6 is 0 Å². The largest absolute Gasteiger partial charge is 0.374 e. The molecule has 22 heavy (non-hydrogen) atoms. The highest BCUT2D eigenvalue weighted by Gasteiger charge is 2.41. The Labute approximate surface area is 129 Å². The van der Waals surface area contributed by atoms with Crippen molar-refractivity contribution in [2.24, 2.45) is 0 Å². The fourth-order valence-corrected chi connectivity index (χ4v) is 3.14. The van der Waals surface area contributed by atoms with Crippen LogP contribution in [-0.2, 0) is 20.9 Å².